The van der Waals surface area contributed by atoms with Crippen molar-refractivity contribution in [3.63, 3.8) is 0 Å². The molecule has 1 aliphatic rings. The zero-order valence-electron chi connectivity index (χ0n) is 18.0. The van der Waals surface area contributed by atoms with Crippen LogP contribution in [0.15, 0.2) is 33.6 Å². The summed E-state index contributed by atoms with van der Waals surface area (Å²) in [5.41, 5.74) is 1.84. The summed E-state index contributed by atoms with van der Waals surface area (Å²) in [7, 11) is 0. The minimum Gasteiger partial charge on any atom is -0.464 e. The van der Waals surface area contributed by atoms with E-state index in [-0.39, 0.29) is 23.1 Å². The summed E-state index contributed by atoms with van der Waals surface area (Å²) in [6.45, 7) is 6.96. The van der Waals surface area contributed by atoms with Gasteiger partial charge in [-0.25, -0.2) is 0 Å². The van der Waals surface area contributed by atoms with Crippen LogP contribution < -0.4 is 0 Å². The lowest BCUT2D eigenvalue weighted by atomic mass is 10.0. The molecule has 1 fully saturated rings. The smallest absolute Gasteiger partial charge is 0.326 e. The van der Waals surface area contributed by atoms with E-state index in [0.29, 0.717) is 34.4 Å². The quantitative estimate of drug-likeness (QED) is 0.253. The van der Waals surface area contributed by atoms with Gasteiger partial charge in [-0.3, -0.25) is 29.4 Å². The molecule has 1 aromatic carbocycles. The summed E-state index contributed by atoms with van der Waals surface area (Å²) in [5, 5.41) is 10.7. The second-order valence-corrected chi connectivity index (χ2v) is 8.73. The Kier molecular flexibility index (Phi) is 6.83. The van der Waals surface area contributed by atoms with Crippen molar-refractivity contribution >= 4 is 40.6 Å². The lowest BCUT2D eigenvalue weighted by Gasteiger charge is -2.12. The van der Waals surface area contributed by atoms with Crippen LogP contribution >= 0.6 is 11.8 Å². The molecular formula is C22H22N2O7S. The predicted octanol–water partition coefficient (Wildman–Crippen LogP) is 4.71. The molecule has 0 unspecified atom stereocenters. The molecule has 0 radical (unpaired) electrons. The second kappa shape index (κ2) is 9.39. The molecular weight excluding hydrogens is 436 g/mol. The van der Waals surface area contributed by atoms with Crippen molar-refractivity contribution in [3.05, 3.63) is 56.2 Å². The molecule has 0 N–H and O–H groups in total. The molecule has 2 amide bonds. The van der Waals surface area contributed by atoms with Gasteiger partial charge in [0, 0.05) is 23.3 Å². The highest BCUT2D eigenvalue weighted by molar-refractivity contribution is 8.18. The molecule has 2 heterocycles. The zero-order chi connectivity index (χ0) is 23.6. The molecule has 3 rings (SSSR count). The maximum atomic E-state index is 12.6. The standard InChI is InChI=1S/C22H22N2O7S/c1-12(2)11-30-20(25)10-23-21(26)19(32-22(23)27)9-16-5-6-18(31-16)15-7-13(3)14(4)17(8-15)24(28)29/h5-9,12H,10-11H2,1-4H3/b19-9+. The van der Waals surface area contributed by atoms with Gasteiger partial charge in [-0.2, -0.15) is 0 Å². The summed E-state index contributed by atoms with van der Waals surface area (Å²) in [6, 6.07) is 6.44. The van der Waals surface area contributed by atoms with E-state index in [2.05, 4.69) is 0 Å². The van der Waals surface area contributed by atoms with E-state index in [4.69, 9.17) is 9.15 Å². The number of thioether (sulfide) groups is 1. The van der Waals surface area contributed by atoms with Crippen molar-refractivity contribution in [2.75, 3.05) is 13.2 Å². The molecule has 32 heavy (non-hydrogen) atoms. The first-order chi connectivity index (χ1) is 15.1. The van der Waals surface area contributed by atoms with Crippen molar-refractivity contribution < 1.29 is 28.5 Å². The third-order valence-electron chi connectivity index (χ3n) is 4.76. The minimum absolute atomic E-state index is 0.0107. The van der Waals surface area contributed by atoms with E-state index in [1.807, 2.05) is 13.8 Å². The number of benzene rings is 1. The van der Waals surface area contributed by atoms with Crippen LogP contribution in [-0.4, -0.2) is 40.1 Å². The maximum absolute atomic E-state index is 12.6. The van der Waals surface area contributed by atoms with E-state index in [0.717, 1.165) is 10.5 Å². The molecule has 1 saturated heterocycles. The lowest BCUT2D eigenvalue weighted by molar-refractivity contribution is -0.385. The third kappa shape index (κ3) is 5.08. The van der Waals surface area contributed by atoms with Crippen LogP contribution in [0.25, 0.3) is 17.4 Å². The molecule has 1 aromatic heterocycles. The average Bonchev–Trinajstić information content (AvgIpc) is 3.28. The Labute approximate surface area is 188 Å². The highest BCUT2D eigenvalue weighted by Crippen LogP contribution is 2.34. The van der Waals surface area contributed by atoms with Crippen molar-refractivity contribution in [2.24, 2.45) is 5.92 Å². The SMILES string of the molecule is Cc1cc(-c2ccc(/C=C3/SC(=O)N(CC(=O)OCC(C)C)C3=O)o2)cc([N+](=O)[O-])c1C. The number of nitro benzene ring substituents is 1. The Morgan fingerprint density at radius 2 is 2.00 bits per heavy atom. The topological polar surface area (TPSA) is 120 Å². The summed E-state index contributed by atoms with van der Waals surface area (Å²) in [4.78, 5) is 48.4. The third-order valence-corrected chi connectivity index (χ3v) is 5.67. The van der Waals surface area contributed by atoms with Crippen molar-refractivity contribution in [1.29, 1.82) is 0 Å². The molecule has 1 aliphatic heterocycles. The van der Waals surface area contributed by atoms with E-state index < -0.39 is 28.6 Å². The van der Waals surface area contributed by atoms with Crippen molar-refractivity contribution in [2.45, 2.75) is 27.7 Å². The largest absolute Gasteiger partial charge is 0.464 e. The minimum atomic E-state index is -0.654. The summed E-state index contributed by atoms with van der Waals surface area (Å²) < 4.78 is 10.8. The average molecular weight is 458 g/mol. The Bertz CT molecular complexity index is 1130. The number of furan rings is 1. The first kappa shape index (κ1) is 23.3. The number of nitrogens with zero attached hydrogens (tertiary/aromatic N) is 2. The Morgan fingerprint density at radius 3 is 2.66 bits per heavy atom. The van der Waals surface area contributed by atoms with Gasteiger partial charge in [0.15, 0.2) is 0 Å². The van der Waals surface area contributed by atoms with E-state index >= 15 is 0 Å². The van der Waals surface area contributed by atoms with Crippen LogP contribution in [0, 0.1) is 29.9 Å². The van der Waals surface area contributed by atoms with Gasteiger partial charge in [0.1, 0.15) is 18.1 Å². The van der Waals surface area contributed by atoms with Crippen molar-refractivity contribution in [3.8, 4) is 11.3 Å². The molecule has 168 valence electrons. The normalized spacial score (nSPS) is 15.2. The van der Waals surface area contributed by atoms with Crippen LogP contribution in [0.3, 0.4) is 0 Å². The highest BCUT2D eigenvalue weighted by Gasteiger charge is 2.37. The number of amides is 2. The number of carbonyl (C=O) groups is 3. The Hall–Kier alpha value is -3.40. The number of carbonyl (C=O) groups excluding carboxylic acids is 3. The van der Waals surface area contributed by atoms with Gasteiger partial charge in [0.25, 0.3) is 16.8 Å². The highest BCUT2D eigenvalue weighted by atomic mass is 32.2. The van der Waals surface area contributed by atoms with Gasteiger partial charge in [0.05, 0.1) is 16.4 Å². The first-order valence-electron chi connectivity index (χ1n) is 9.83. The molecule has 10 heteroatoms. The summed E-state index contributed by atoms with van der Waals surface area (Å²) in [6.07, 6.45) is 1.41. The van der Waals surface area contributed by atoms with Crippen LogP contribution in [0.1, 0.15) is 30.7 Å². The molecule has 0 saturated carbocycles. The number of imide groups is 1. The van der Waals surface area contributed by atoms with Crippen LogP contribution in [-0.2, 0) is 14.3 Å². The lowest BCUT2D eigenvalue weighted by Crippen LogP contribution is -2.34. The second-order valence-electron chi connectivity index (χ2n) is 7.74. The van der Waals surface area contributed by atoms with Crippen molar-refractivity contribution in [1.82, 2.24) is 4.90 Å². The van der Waals surface area contributed by atoms with E-state index in [9.17, 15) is 24.5 Å². The monoisotopic (exact) mass is 458 g/mol. The van der Waals surface area contributed by atoms with Crippen LogP contribution in [0.4, 0.5) is 10.5 Å². The molecule has 0 bridgehead atoms. The number of aryl methyl sites for hydroxylation is 1. The van der Waals surface area contributed by atoms with Crippen LogP contribution in [0.5, 0.6) is 0 Å². The molecule has 0 atom stereocenters. The van der Waals surface area contributed by atoms with Gasteiger partial charge < -0.3 is 9.15 Å². The molecule has 0 spiro atoms. The molecule has 2 aromatic rings. The Morgan fingerprint density at radius 1 is 1.28 bits per heavy atom. The maximum Gasteiger partial charge on any atom is 0.326 e. The van der Waals surface area contributed by atoms with Gasteiger partial charge in [-0.05, 0) is 55.3 Å². The van der Waals surface area contributed by atoms with Gasteiger partial charge in [0.2, 0.25) is 0 Å². The van der Waals surface area contributed by atoms with E-state index in [1.165, 1.54) is 12.1 Å². The number of nitro groups is 1. The van der Waals surface area contributed by atoms with Gasteiger partial charge >= 0.3 is 5.97 Å². The molecule has 0 aliphatic carbocycles. The van der Waals surface area contributed by atoms with E-state index in [1.54, 1.807) is 32.0 Å². The number of hydrogen-bond acceptors (Lipinski definition) is 8. The summed E-state index contributed by atoms with van der Waals surface area (Å²) >= 11 is 0.700. The van der Waals surface area contributed by atoms with Gasteiger partial charge in [-0.15, -0.1) is 0 Å². The number of ether oxygens (including phenoxy) is 1. The fourth-order valence-corrected chi connectivity index (χ4v) is 3.78. The number of rotatable bonds is 7. The summed E-state index contributed by atoms with van der Waals surface area (Å²) in [5.74, 6) is -0.437. The number of hydrogen-bond donors (Lipinski definition) is 0. The van der Waals surface area contributed by atoms with Crippen LogP contribution in [0.2, 0.25) is 0 Å². The predicted molar refractivity (Wildman–Crippen MR) is 119 cm³/mol. The molecule has 9 nitrogen and oxygen atoms in total. The van der Waals surface area contributed by atoms with Gasteiger partial charge in [-0.1, -0.05) is 13.8 Å². The fourth-order valence-electron chi connectivity index (χ4n) is 2.96. The first-order valence-corrected chi connectivity index (χ1v) is 10.6. The number of esters is 1. The Balaban J connectivity index is 1.78. The zero-order valence-corrected chi connectivity index (χ0v) is 18.9. The fraction of sp³-hybridized carbons (Fsp3) is 0.318.